The largest absolute Gasteiger partial charge is 0.397 e. The summed E-state index contributed by atoms with van der Waals surface area (Å²) in [4.78, 5) is 32.3. The van der Waals surface area contributed by atoms with Crippen molar-refractivity contribution in [2.24, 2.45) is 5.73 Å². The summed E-state index contributed by atoms with van der Waals surface area (Å²) in [5.41, 5.74) is 17.1. The molecule has 0 bridgehead atoms. The summed E-state index contributed by atoms with van der Waals surface area (Å²) < 4.78 is 0. The summed E-state index contributed by atoms with van der Waals surface area (Å²) in [5, 5.41) is 4.31. The van der Waals surface area contributed by atoms with Crippen LogP contribution < -0.4 is 16.8 Å². The van der Waals surface area contributed by atoms with Gasteiger partial charge in [0, 0.05) is 16.0 Å². The van der Waals surface area contributed by atoms with E-state index in [9.17, 15) is 9.59 Å². The quantitative estimate of drug-likeness (QED) is 0.537. The van der Waals surface area contributed by atoms with E-state index in [-0.39, 0.29) is 5.91 Å². The van der Waals surface area contributed by atoms with Crippen LogP contribution in [0.5, 0.6) is 0 Å². The second kappa shape index (κ2) is 8.00. The van der Waals surface area contributed by atoms with Crippen LogP contribution in [0.15, 0.2) is 0 Å². The van der Waals surface area contributed by atoms with Gasteiger partial charge in [-0.2, -0.15) is 0 Å². The number of hydrogen-bond donors (Lipinski definition) is 3. The van der Waals surface area contributed by atoms with Crippen LogP contribution >= 0.6 is 22.7 Å². The average Bonchev–Trinajstić information content (AvgIpc) is 3.17. The molecule has 0 radical (unpaired) electrons. The van der Waals surface area contributed by atoms with E-state index in [1.807, 2.05) is 20.8 Å². The van der Waals surface area contributed by atoms with Gasteiger partial charge >= 0.3 is 0 Å². The summed E-state index contributed by atoms with van der Waals surface area (Å²) >= 11 is 2.76. The van der Waals surface area contributed by atoms with Crippen molar-refractivity contribution in [1.29, 1.82) is 0 Å². The van der Waals surface area contributed by atoms with Crippen LogP contribution in [0, 0.1) is 20.8 Å². The molecule has 158 valence electrons. The highest BCUT2D eigenvalue weighted by atomic mass is 32.1. The third kappa shape index (κ3) is 3.48. The topological polar surface area (TPSA) is 111 Å². The molecule has 0 saturated heterocycles. The number of anilines is 2. The van der Waals surface area contributed by atoms with Crippen molar-refractivity contribution in [3.8, 4) is 0 Å². The first-order chi connectivity index (χ1) is 14.3. The number of aromatic nitrogens is 1. The minimum Gasteiger partial charge on any atom is -0.397 e. The summed E-state index contributed by atoms with van der Waals surface area (Å²) in [6, 6.07) is 0. The maximum absolute atomic E-state index is 13.2. The highest BCUT2D eigenvalue weighted by Gasteiger charge is 2.26. The molecule has 0 unspecified atom stereocenters. The Hall–Kier alpha value is -2.45. The number of nitrogen functional groups attached to an aromatic ring is 1. The number of amides is 2. The molecule has 0 spiro atoms. The van der Waals surface area contributed by atoms with Crippen molar-refractivity contribution in [3.63, 3.8) is 0 Å². The molecule has 8 heteroatoms. The van der Waals surface area contributed by atoms with Gasteiger partial charge in [0.2, 0.25) is 0 Å². The number of carbonyl (C=O) groups excluding carboxylic acids is 2. The fourth-order valence-corrected chi connectivity index (χ4v) is 6.55. The number of hydrogen-bond acceptors (Lipinski definition) is 6. The minimum atomic E-state index is -0.489. The van der Waals surface area contributed by atoms with Gasteiger partial charge in [-0.3, -0.25) is 9.59 Å². The minimum absolute atomic E-state index is 0.318. The molecular weight excluding hydrogens is 416 g/mol. The van der Waals surface area contributed by atoms with Crippen molar-refractivity contribution in [3.05, 3.63) is 37.7 Å². The Kier molecular flexibility index (Phi) is 5.55. The van der Waals surface area contributed by atoms with E-state index < -0.39 is 5.91 Å². The molecule has 0 saturated carbocycles. The lowest BCUT2D eigenvalue weighted by molar-refractivity contribution is 0.100. The number of primary amides is 1. The molecule has 30 heavy (non-hydrogen) atoms. The Morgan fingerprint density at radius 2 is 1.70 bits per heavy atom. The van der Waals surface area contributed by atoms with Gasteiger partial charge in [0.05, 0.1) is 11.3 Å². The Balaban J connectivity index is 1.74. The second-order valence-electron chi connectivity index (χ2n) is 7.91. The summed E-state index contributed by atoms with van der Waals surface area (Å²) in [5.74, 6) is -0.807. The van der Waals surface area contributed by atoms with Crippen LogP contribution in [0.3, 0.4) is 0 Å². The summed E-state index contributed by atoms with van der Waals surface area (Å²) in [7, 11) is 0. The van der Waals surface area contributed by atoms with Crippen molar-refractivity contribution in [2.45, 2.75) is 59.3 Å². The van der Waals surface area contributed by atoms with E-state index in [1.54, 1.807) is 0 Å². The lowest BCUT2D eigenvalue weighted by Gasteiger charge is -2.10. The van der Waals surface area contributed by atoms with Crippen LogP contribution in [-0.4, -0.2) is 16.8 Å². The van der Waals surface area contributed by atoms with E-state index in [0.29, 0.717) is 21.1 Å². The molecule has 3 aromatic rings. The highest BCUT2D eigenvalue weighted by Crippen LogP contribution is 2.40. The summed E-state index contributed by atoms with van der Waals surface area (Å²) in [6.07, 6.45) is 6.21. The van der Waals surface area contributed by atoms with Crippen molar-refractivity contribution in [1.82, 2.24) is 4.98 Å². The van der Waals surface area contributed by atoms with Gasteiger partial charge in [-0.1, -0.05) is 12.8 Å². The van der Waals surface area contributed by atoms with E-state index >= 15 is 0 Å². The molecular formula is C22H26N4O2S2. The monoisotopic (exact) mass is 442 g/mol. The molecule has 2 amide bonds. The van der Waals surface area contributed by atoms with E-state index in [1.165, 1.54) is 29.1 Å². The van der Waals surface area contributed by atoms with Gasteiger partial charge in [-0.15, -0.1) is 22.7 Å². The van der Waals surface area contributed by atoms with Crippen molar-refractivity contribution < 1.29 is 9.59 Å². The lowest BCUT2D eigenvalue weighted by Crippen LogP contribution is -2.18. The smallest absolute Gasteiger partial charge is 0.268 e. The zero-order valence-corrected chi connectivity index (χ0v) is 19.1. The van der Waals surface area contributed by atoms with Gasteiger partial charge in [0.1, 0.15) is 14.7 Å². The van der Waals surface area contributed by atoms with Gasteiger partial charge < -0.3 is 16.8 Å². The zero-order valence-electron chi connectivity index (χ0n) is 17.5. The first-order valence-corrected chi connectivity index (χ1v) is 11.8. The van der Waals surface area contributed by atoms with E-state index in [4.69, 9.17) is 11.5 Å². The van der Waals surface area contributed by atoms with E-state index in [0.717, 1.165) is 69.6 Å². The van der Waals surface area contributed by atoms with Crippen LogP contribution in [0.4, 0.5) is 10.7 Å². The number of thiophene rings is 2. The first kappa shape index (κ1) is 20.8. The number of nitrogens with one attached hydrogen (secondary N) is 1. The maximum Gasteiger partial charge on any atom is 0.268 e. The number of nitrogens with zero attached hydrogens (tertiary/aromatic N) is 1. The van der Waals surface area contributed by atoms with Crippen LogP contribution in [0.2, 0.25) is 0 Å². The number of aryl methyl sites for hydroxylation is 3. The Labute approximate surface area is 183 Å². The van der Waals surface area contributed by atoms with Crippen LogP contribution in [0.1, 0.15) is 73.0 Å². The number of pyridine rings is 1. The predicted octanol–water partition coefficient (Wildman–Crippen LogP) is 4.88. The molecule has 5 N–H and O–H groups in total. The lowest BCUT2D eigenvalue weighted by atomic mass is 9.96. The molecule has 0 aliphatic heterocycles. The van der Waals surface area contributed by atoms with Gasteiger partial charge in [-0.25, -0.2) is 4.98 Å². The molecule has 0 aromatic carbocycles. The molecule has 1 aliphatic rings. The standard InChI is InChI=1S/C22H26N4O2S2/c1-10-11(2)15-17(23)18(30-21(15)25-12(10)3)20(28)26-22-16(19(24)27)13-8-6-4-5-7-9-14(13)29-22/h4-9,23H2,1-3H3,(H2,24,27)(H,26,28). The predicted molar refractivity (Wildman–Crippen MR) is 125 cm³/mol. The van der Waals surface area contributed by atoms with E-state index in [2.05, 4.69) is 10.3 Å². The molecule has 0 atom stereocenters. The van der Waals surface area contributed by atoms with Gasteiger partial charge in [0.15, 0.2) is 0 Å². The fraction of sp³-hybridized carbons (Fsp3) is 0.409. The second-order valence-corrected chi connectivity index (χ2v) is 10.0. The fourth-order valence-electron chi connectivity index (χ4n) is 4.16. The molecule has 6 nitrogen and oxygen atoms in total. The van der Waals surface area contributed by atoms with Crippen molar-refractivity contribution >= 4 is 55.4 Å². The number of nitrogens with two attached hydrogens (primary N) is 2. The Bertz CT molecular complexity index is 1180. The van der Waals surface area contributed by atoms with Gasteiger partial charge in [-0.05, 0) is 63.1 Å². The van der Waals surface area contributed by atoms with Crippen molar-refractivity contribution in [2.75, 3.05) is 11.1 Å². The maximum atomic E-state index is 13.2. The summed E-state index contributed by atoms with van der Waals surface area (Å²) in [6.45, 7) is 5.97. The third-order valence-electron chi connectivity index (χ3n) is 6.03. The normalized spacial score (nSPS) is 14.2. The third-order valence-corrected chi connectivity index (χ3v) is 8.33. The SMILES string of the molecule is Cc1nc2sc(C(=O)Nc3sc4c(c3C(N)=O)CCCCCC4)c(N)c2c(C)c1C. The molecule has 4 rings (SSSR count). The number of carbonyl (C=O) groups is 2. The molecule has 0 fully saturated rings. The Morgan fingerprint density at radius 3 is 2.40 bits per heavy atom. The molecule has 3 heterocycles. The van der Waals surface area contributed by atoms with Crippen LogP contribution in [0.25, 0.3) is 10.2 Å². The number of fused-ring (bicyclic) bond motifs is 2. The van der Waals surface area contributed by atoms with Crippen LogP contribution in [-0.2, 0) is 12.8 Å². The Morgan fingerprint density at radius 1 is 1.00 bits per heavy atom. The zero-order chi connectivity index (χ0) is 21.6. The van der Waals surface area contributed by atoms with Gasteiger partial charge in [0.25, 0.3) is 11.8 Å². The number of rotatable bonds is 3. The first-order valence-electron chi connectivity index (χ1n) is 10.2. The molecule has 3 aromatic heterocycles. The average molecular weight is 443 g/mol. The highest BCUT2D eigenvalue weighted by molar-refractivity contribution is 7.21. The molecule has 1 aliphatic carbocycles.